The van der Waals surface area contributed by atoms with E-state index in [0.717, 1.165) is 25.7 Å². The van der Waals surface area contributed by atoms with Gasteiger partial charge in [0, 0.05) is 5.02 Å². The molecule has 4 aliphatic carbocycles. The van der Waals surface area contributed by atoms with E-state index in [2.05, 4.69) is 5.32 Å². The Hall–Kier alpha value is -1.26. The predicted octanol–water partition coefficient (Wildman–Crippen LogP) is 3.05. The fourth-order valence-corrected chi connectivity index (χ4v) is 5.41. The molecule has 3 atom stereocenters. The minimum atomic E-state index is -0.624. The summed E-state index contributed by atoms with van der Waals surface area (Å²) >= 11 is 5.90. The van der Waals surface area contributed by atoms with Crippen LogP contribution in [-0.2, 0) is 4.79 Å². The van der Waals surface area contributed by atoms with E-state index < -0.39 is 11.5 Å². The molecule has 0 spiro atoms. The van der Waals surface area contributed by atoms with Gasteiger partial charge < -0.3 is 16.2 Å². The van der Waals surface area contributed by atoms with Crippen LogP contribution in [0.3, 0.4) is 0 Å². The Labute approximate surface area is 135 Å². The van der Waals surface area contributed by atoms with Crippen molar-refractivity contribution in [1.82, 2.24) is 0 Å². The lowest BCUT2D eigenvalue weighted by Gasteiger charge is -2.58. The zero-order valence-corrected chi connectivity index (χ0v) is 13.1. The van der Waals surface area contributed by atoms with Gasteiger partial charge >= 0.3 is 0 Å². The van der Waals surface area contributed by atoms with Crippen molar-refractivity contribution in [3.05, 3.63) is 23.2 Å². The molecule has 5 heteroatoms. The Bertz CT molecular complexity index is 619. The molecule has 0 radical (unpaired) electrons. The molecule has 4 saturated carbocycles. The molecule has 22 heavy (non-hydrogen) atoms. The second-order valence-corrected chi connectivity index (χ2v) is 7.83. The number of hydrogen-bond acceptors (Lipinski definition) is 3. The molecule has 4 fully saturated rings. The molecule has 0 aromatic heterocycles. The van der Waals surface area contributed by atoms with Gasteiger partial charge in [0.1, 0.15) is 0 Å². The first-order valence-corrected chi connectivity index (χ1v) is 8.40. The number of anilines is 2. The van der Waals surface area contributed by atoms with E-state index >= 15 is 0 Å². The lowest BCUT2D eigenvalue weighted by Crippen LogP contribution is -2.60. The molecule has 4 bridgehead atoms. The normalized spacial score (nSPS) is 39.0. The maximum Gasteiger partial charge on any atom is 0.233 e. The number of aliphatic hydroxyl groups is 1. The second-order valence-electron chi connectivity index (χ2n) is 7.39. The summed E-state index contributed by atoms with van der Waals surface area (Å²) in [5.41, 5.74) is 6.35. The number of carbonyl (C=O) groups is 1. The summed E-state index contributed by atoms with van der Waals surface area (Å²) in [6.45, 7) is 0. The highest BCUT2D eigenvalue weighted by molar-refractivity contribution is 6.31. The number of benzene rings is 1. The quantitative estimate of drug-likeness (QED) is 0.733. The van der Waals surface area contributed by atoms with E-state index in [1.54, 1.807) is 18.2 Å². The first kappa shape index (κ1) is 14.3. The first-order valence-electron chi connectivity index (χ1n) is 8.02. The van der Waals surface area contributed by atoms with Crippen LogP contribution >= 0.6 is 11.6 Å². The summed E-state index contributed by atoms with van der Waals surface area (Å²) in [7, 11) is 0. The van der Waals surface area contributed by atoms with E-state index in [1.807, 2.05) is 0 Å². The van der Waals surface area contributed by atoms with Crippen molar-refractivity contribution in [2.45, 2.75) is 38.2 Å². The maximum absolute atomic E-state index is 13.0. The van der Waals surface area contributed by atoms with Crippen LogP contribution in [0.15, 0.2) is 18.2 Å². The van der Waals surface area contributed by atoms with Gasteiger partial charge in [-0.15, -0.1) is 0 Å². The molecule has 4 nitrogen and oxygen atoms in total. The molecule has 118 valence electrons. The summed E-state index contributed by atoms with van der Waals surface area (Å²) < 4.78 is 0. The Morgan fingerprint density at radius 3 is 2.59 bits per heavy atom. The van der Waals surface area contributed by atoms with Gasteiger partial charge in [-0.25, -0.2) is 0 Å². The lowest BCUT2D eigenvalue weighted by molar-refractivity contribution is -0.171. The number of carbonyl (C=O) groups excluding carboxylic acids is 1. The highest BCUT2D eigenvalue weighted by atomic mass is 35.5. The number of nitrogens with one attached hydrogen (secondary N) is 1. The molecule has 1 aromatic rings. The van der Waals surface area contributed by atoms with E-state index in [0.29, 0.717) is 34.2 Å². The zero-order chi connectivity index (χ0) is 15.5. The van der Waals surface area contributed by atoms with Crippen molar-refractivity contribution in [1.29, 1.82) is 0 Å². The number of amides is 1. The van der Waals surface area contributed by atoms with Gasteiger partial charge in [-0.05, 0) is 68.1 Å². The number of aliphatic hydroxyl groups excluding tert-OH is 1. The number of halogens is 1. The second kappa shape index (κ2) is 4.87. The van der Waals surface area contributed by atoms with Crippen molar-refractivity contribution in [2.24, 2.45) is 23.2 Å². The largest absolute Gasteiger partial charge is 0.397 e. The van der Waals surface area contributed by atoms with Gasteiger partial charge in [0.05, 0.1) is 22.9 Å². The first-order chi connectivity index (χ1) is 10.5. The van der Waals surface area contributed by atoms with Crippen LogP contribution in [0.2, 0.25) is 5.02 Å². The molecular weight excluding hydrogens is 300 g/mol. The molecule has 0 saturated heterocycles. The number of hydrogen-bond donors (Lipinski definition) is 3. The molecule has 0 heterocycles. The molecular formula is C17H21ClN2O2. The highest BCUT2D eigenvalue weighted by Gasteiger charge is 2.60. The zero-order valence-electron chi connectivity index (χ0n) is 12.4. The van der Waals surface area contributed by atoms with Crippen molar-refractivity contribution in [3.8, 4) is 0 Å². The number of rotatable bonds is 2. The third-order valence-electron chi connectivity index (χ3n) is 5.97. The average molecular weight is 321 g/mol. The lowest BCUT2D eigenvalue weighted by atomic mass is 9.48. The topological polar surface area (TPSA) is 75.3 Å². The summed E-state index contributed by atoms with van der Waals surface area (Å²) in [5, 5.41) is 14.2. The average Bonchev–Trinajstić information content (AvgIpc) is 2.46. The third-order valence-corrected chi connectivity index (χ3v) is 6.21. The molecule has 4 aliphatic rings. The molecule has 1 aromatic carbocycles. The Morgan fingerprint density at radius 2 is 1.95 bits per heavy atom. The monoisotopic (exact) mass is 320 g/mol. The summed E-state index contributed by atoms with van der Waals surface area (Å²) in [6.07, 6.45) is 4.47. The van der Waals surface area contributed by atoms with E-state index in [1.165, 1.54) is 6.42 Å². The number of nitrogen functional groups attached to an aromatic ring is 1. The predicted molar refractivity (Wildman–Crippen MR) is 86.5 cm³/mol. The summed E-state index contributed by atoms with van der Waals surface area (Å²) in [6, 6.07) is 5.07. The Kier molecular flexibility index (Phi) is 3.17. The van der Waals surface area contributed by atoms with Gasteiger partial charge in [-0.2, -0.15) is 0 Å². The fraction of sp³-hybridized carbons (Fsp3) is 0.588. The summed E-state index contributed by atoms with van der Waals surface area (Å²) in [5.74, 6) is 1.40. The van der Waals surface area contributed by atoms with Gasteiger partial charge in [-0.3, -0.25) is 4.79 Å². The SMILES string of the molecule is Nc1cc(Cl)ccc1NC(=O)C12CC3CC(CC(C3)C1O)C2. The van der Waals surface area contributed by atoms with Crippen molar-refractivity contribution in [2.75, 3.05) is 11.1 Å². The van der Waals surface area contributed by atoms with Gasteiger partial charge in [-0.1, -0.05) is 11.6 Å². The van der Waals surface area contributed by atoms with Crippen molar-refractivity contribution >= 4 is 28.9 Å². The van der Waals surface area contributed by atoms with Crippen LogP contribution in [-0.4, -0.2) is 17.1 Å². The third kappa shape index (κ3) is 2.04. The standard InChI is InChI=1S/C17H21ClN2O2/c18-12-1-2-14(13(19)6-12)20-16(22)17-7-9-3-10(8-17)5-11(4-9)15(17)21/h1-2,6,9-11,15,21H,3-5,7-8,19H2,(H,20,22). The minimum Gasteiger partial charge on any atom is -0.397 e. The van der Waals surface area contributed by atoms with Crippen molar-refractivity contribution < 1.29 is 9.90 Å². The van der Waals surface area contributed by atoms with Crippen LogP contribution in [0.5, 0.6) is 0 Å². The van der Waals surface area contributed by atoms with Gasteiger partial charge in [0.25, 0.3) is 0 Å². The van der Waals surface area contributed by atoms with Crippen LogP contribution in [0, 0.1) is 23.2 Å². The Balaban J connectivity index is 1.61. The van der Waals surface area contributed by atoms with Crippen LogP contribution in [0.4, 0.5) is 11.4 Å². The van der Waals surface area contributed by atoms with E-state index in [4.69, 9.17) is 17.3 Å². The summed E-state index contributed by atoms with van der Waals surface area (Å²) in [4.78, 5) is 13.0. The smallest absolute Gasteiger partial charge is 0.233 e. The molecule has 5 rings (SSSR count). The fourth-order valence-electron chi connectivity index (χ4n) is 5.23. The molecule has 4 N–H and O–H groups in total. The van der Waals surface area contributed by atoms with Crippen LogP contribution in [0.1, 0.15) is 32.1 Å². The van der Waals surface area contributed by atoms with Crippen molar-refractivity contribution in [3.63, 3.8) is 0 Å². The van der Waals surface area contributed by atoms with Crippen LogP contribution in [0.25, 0.3) is 0 Å². The Morgan fingerprint density at radius 1 is 1.27 bits per heavy atom. The van der Waals surface area contributed by atoms with Crippen LogP contribution < -0.4 is 11.1 Å². The number of nitrogens with two attached hydrogens (primary N) is 1. The highest BCUT2D eigenvalue weighted by Crippen LogP contribution is 2.60. The molecule has 3 unspecified atom stereocenters. The minimum absolute atomic E-state index is 0.0758. The maximum atomic E-state index is 13.0. The van der Waals surface area contributed by atoms with Gasteiger partial charge in [0.2, 0.25) is 5.91 Å². The van der Waals surface area contributed by atoms with E-state index in [9.17, 15) is 9.90 Å². The van der Waals surface area contributed by atoms with Gasteiger partial charge in [0.15, 0.2) is 0 Å². The molecule has 0 aliphatic heterocycles. The molecule has 1 amide bonds. The van der Waals surface area contributed by atoms with E-state index in [-0.39, 0.29) is 5.91 Å².